The first kappa shape index (κ1) is 20.6. The number of aliphatic hydroxyl groups excluding tert-OH is 1. The molecule has 0 aromatic carbocycles. The van der Waals surface area contributed by atoms with Crippen LogP contribution in [0.15, 0.2) is 23.6 Å². The summed E-state index contributed by atoms with van der Waals surface area (Å²) in [6, 6.07) is 0.883. The lowest BCUT2D eigenvalue weighted by Crippen LogP contribution is -2.43. The van der Waals surface area contributed by atoms with Crippen LogP contribution < -0.4 is 5.32 Å². The van der Waals surface area contributed by atoms with Crippen molar-refractivity contribution in [3.63, 3.8) is 0 Å². The Kier molecular flexibility index (Phi) is 5.89. The van der Waals surface area contributed by atoms with Gasteiger partial charge in [0, 0.05) is 25.8 Å². The Morgan fingerprint density at radius 1 is 1.43 bits per heavy atom. The van der Waals surface area contributed by atoms with E-state index in [9.17, 15) is 14.3 Å². The van der Waals surface area contributed by atoms with Crippen LogP contribution in [0.4, 0.5) is 10.2 Å². The molecule has 0 bridgehead atoms. The number of amides is 1. The molecule has 158 valence electrons. The van der Waals surface area contributed by atoms with Gasteiger partial charge in [-0.3, -0.25) is 9.79 Å². The highest BCUT2D eigenvalue weighted by Crippen LogP contribution is 2.26. The second-order valence-corrected chi connectivity index (χ2v) is 7.51. The van der Waals surface area contributed by atoms with E-state index in [4.69, 9.17) is 16.3 Å². The lowest BCUT2D eigenvalue weighted by Gasteiger charge is -2.29. The van der Waals surface area contributed by atoms with Crippen LogP contribution in [0.25, 0.3) is 0 Å². The fraction of sp³-hybridized carbons (Fsp3) is 0.421. The fourth-order valence-corrected chi connectivity index (χ4v) is 3.59. The van der Waals surface area contributed by atoms with Crippen molar-refractivity contribution < 1.29 is 19.0 Å². The molecule has 2 N–H and O–H groups in total. The molecule has 2 aliphatic rings. The number of fused-ring (bicyclic) bond motifs is 1. The number of anilines is 1. The molecule has 1 amide bonds. The molecule has 4 heterocycles. The van der Waals surface area contributed by atoms with Crippen molar-refractivity contribution in [3.05, 3.63) is 46.4 Å². The van der Waals surface area contributed by atoms with E-state index < -0.39 is 11.9 Å². The number of nitrogens with one attached hydrogen (secondary N) is 1. The Morgan fingerprint density at radius 3 is 3.07 bits per heavy atom. The fourth-order valence-electron chi connectivity index (χ4n) is 3.43. The number of hydrogen-bond donors (Lipinski definition) is 2. The summed E-state index contributed by atoms with van der Waals surface area (Å²) in [6.45, 7) is 1.12. The smallest absolute Gasteiger partial charge is 0.272 e. The van der Waals surface area contributed by atoms with E-state index in [0.29, 0.717) is 42.3 Å². The maximum absolute atomic E-state index is 13.5. The molecule has 2 aromatic heterocycles. The Bertz CT molecular complexity index is 1000. The number of rotatable bonds is 5. The number of hydrogen-bond acceptors (Lipinski definition) is 8. The first-order valence-corrected chi connectivity index (χ1v) is 9.78. The maximum atomic E-state index is 13.5. The highest BCUT2D eigenvalue weighted by molar-refractivity contribution is 6.47. The SMILES string of the molecule is CN(Cc1cc(F)cnc1Cl)C(=O)C1=NCc2ncnc(N[C@@H]3COCC[C@H]3O)c21. The molecule has 2 aromatic rings. The number of carbonyl (C=O) groups excluding carboxylic acids is 1. The molecule has 30 heavy (non-hydrogen) atoms. The standard InChI is InChI=1S/C19H20ClFN6O3/c1-27(7-10-4-11(21)5-23-17(10)20)19(29)16-15-12(6-22-16)24-9-25-18(15)26-13-8-30-3-2-14(13)28/h4-5,9,13-14,28H,2-3,6-8H2,1H3,(H,24,25,26)/t13-,14-/m1/s1. The highest BCUT2D eigenvalue weighted by Gasteiger charge is 2.32. The Balaban J connectivity index is 1.56. The van der Waals surface area contributed by atoms with Gasteiger partial charge in [-0.05, 0) is 12.5 Å². The molecule has 0 spiro atoms. The lowest BCUT2D eigenvalue weighted by atomic mass is 10.1. The summed E-state index contributed by atoms with van der Waals surface area (Å²) in [6.07, 6.45) is 2.33. The summed E-state index contributed by atoms with van der Waals surface area (Å²) < 4.78 is 18.9. The van der Waals surface area contributed by atoms with Gasteiger partial charge in [0.25, 0.3) is 5.91 Å². The first-order chi connectivity index (χ1) is 14.4. The van der Waals surface area contributed by atoms with Gasteiger partial charge in [-0.1, -0.05) is 11.6 Å². The summed E-state index contributed by atoms with van der Waals surface area (Å²) in [5.74, 6) is -0.502. The third-order valence-electron chi connectivity index (χ3n) is 5.03. The Morgan fingerprint density at radius 2 is 2.27 bits per heavy atom. The second-order valence-electron chi connectivity index (χ2n) is 7.16. The van der Waals surface area contributed by atoms with E-state index in [2.05, 4.69) is 25.3 Å². The molecular formula is C19H20ClFN6O3. The number of aliphatic hydroxyl groups is 1. The minimum Gasteiger partial charge on any atom is -0.391 e. The summed E-state index contributed by atoms with van der Waals surface area (Å²) >= 11 is 6.02. The zero-order valence-electron chi connectivity index (χ0n) is 16.2. The third kappa shape index (κ3) is 4.11. The van der Waals surface area contributed by atoms with Crippen molar-refractivity contribution in [1.29, 1.82) is 0 Å². The van der Waals surface area contributed by atoms with Gasteiger partial charge >= 0.3 is 0 Å². The van der Waals surface area contributed by atoms with Gasteiger partial charge in [0.05, 0.1) is 42.8 Å². The first-order valence-electron chi connectivity index (χ1n) is 9.40. The maximum Gasteiger partial charge on any atom is 0.272 e. The zero-order valence-corrected chi connectivity index (χ0v) is 16.9. The second kappa shape index (κ2) is 8.58. The zero-order chi connectivity index (χ0) is 21.3. The van der Waals surface area contributed by atoms with E-state index in [-0.39, 0.29) is 35.9 Å². The number of likely N-dealkylation sites (N-methyl/N-ethyl adjacent to an activating group) is 1. The normalized spacial score (nSPS) is 20.5. The van der Waals surface area contributed by atoms with Crippen molar-refractivity contribution in [2.24, 2.45) is 4.99 Å². The largest absolute Gasteiger partial charge is 0.391 e. The van der Waals surface area contributed by atoms with Crippen LogP contribution in [0.3, 0.4) is 0 Å². The minimum absolute atomic E-state index is 0.0579. The van der Waals surface area contributed by atoms with Crippen LogP contribution >= 0.6 is 11.6 Å². The van der Waals surface area contributed by atoms with Crippen LogP contribution in [0.5, 0.6) is 0 Å². The average Bonchev–Trinajstić information content (AvgIpc) is 3.17. The van der Waals surface area contributed by atoms with Crippen LogP contribution in [0.2, 0.25) is 5.15 Å². The van der Waals surface area contributed by atoms with E-state index in [1.807, 2.05) is 0 Å². The monoisotopic (exact) mass is 434 g/mol. The summed E-state index contributed by atoms with van der Waals surface area (Å²) in [5.41, 5.74) is 1.69. The molecule has 9 nitrogen and oxygen atoms in total. The van der Waals surface area contributed by atoms with E-state index in [1.165, 1.54) is 17.3 Å². The van der Waals surface area contributed by atoms with E-state index >= 15 is 0 Å². The molecular weight excluding hydrogens is 415 g/mol. The van der Waals surface area contributed by atoms with Gasteiger partial charge in [0.15, 0.2) is 0 Å². The summed E-state index contributed by atoms with van der Waals surface area (Å²) in [4.78, 5) is 31.1. The van der Waals surface area contributed by atoms with Crippen LogP contribution in [-0.4, -0.2) is 69.0 Å². The Labute approximate surface area is 177 Å². The number of aromatic nitrogens is 3. The van der Waals surface area contributed by atoms with Crippen LogP contribution in [-0.2, 0) is 22.6 Å². The number of ether oxygens (including phenoxy) is 1. The third-order valence-corrected chi connectivity index (χ3v) is 5.37. The van der Waals surface area contributed by atoms with Gasteiger partial charge in [-0.25, -0.2) is 19.3 Å². The summed E-state index contributed by atoms with van der Waals surface area (Å²) in [7, 11) is 1.57. The van der Waals surface area contributed by atoms with Crippen molar-refractivity contribution in [1.82, 2.24) is 19.9 Å². The number of pyridine rings is 1. The molecule has 0 radical (unpaired) electrons. The molecule has 1 saturated heterocycles. The molecule has 2 atom stereocenters. The molecule has 11 heteroatoms. The van der Waals surface area contributed by atoms with Gasteiger partial charge in [0.1, 0.15) is 28.8 Å². The Hall–Kier alpha value is -2.69. The number of nitrogens with zero attached hydrogens (tertiary/aromatic N) is 5. The van der Waals surface area contributed by atoms with Crippen molar-refractivity contribution in [2.45, 2.75) is 31.7 Å². The molecule has 0 aliphatic carbocycles. The van der Waals surface area contributed by atoms with Gasteiger partial charge in [0.2, 0.25) is 0 Å². The number of halogens is 2. The van der Waals surface area contributed by atoms with Gasteiger partial charge in [-0.15, -0.1) is 0 Å². The average molecular weight is 435 g/mol. The van der Waals surface area contributed by atoms with Crippen molar-refractivity contribution in [3.8, 4) is 0 Å². The van der Waals surface area contributed by atoms with Crippen molar-refractivity contribution in [2.75, 3.05) is 25.6 Å². The van der Waals surface area contributed by atoms with Gasteiger partial charge < -0.3 is 20.1 Å². The van der Waals surface area contributed by atoms with Gasteiger partial charge in [-0.2, -0.15) is 0 Å². The molecule has 0 saturated carbocycles. The topological polar surface area (TPSA) is 113 Å². The van der Waals surface area contributed by atoms with Crippen molar-refractivity contribution >= 4 is 29.0 Å². The minimum atomic E-state index is -0.591. The van der Waals surface area contributed by atoms with Crippen LogP contribution in [0, 0.1) is 5.82 Å². The molecule has 0 unspecified atom stereocenters. The van der Waals surface area contributed by atoms with Crippen LogP contribution in [0.1, 0.15) is 23.2 Å². The molecule has 2 aliphatic heterocycles. The number of aliphatic imine (C=N–C) groups is 1. The molecule has 4 rings (SSSR count). The van der Waals surface area contributed by atoms with E-state index in [0.717, 1.165) is 6.20 Å². The predicted molar refractivity (Wildman–Crippen MR) is 107 cm³/mol. The summed E-state index contributed by atoms with van der Waals surface area (Å²) in [5, 5.41) is 13.5. The molecule has 1 fully saturated rings. The highest BCUT2D eigenvalue weighted by atomic mass is 35.5. The lowest BCUT2D eigenvalue weighted by molar-refractivity contribution is -0.123. The quantitative estimate of drug-likeness (QED) is 0.679. The van der Waals surface area contributed by atoms with E-state index in [1.54, 1.807) is 7.05 Å². The predicted octanol–water partition coefficient (Wildman–Crippen LogP) is 1.19. The number of carbonyl (C=O) groups is 1.